The predicted molar refractivity (Wildman–Crippen MR) is 106 cm³/mol. The summed E-state index contributed by atoms with van der Waals surface area (Å²) in [5.41, 5.74) is 2.89. The highest BCUT2D eigenvalue weighted by atomic mass is 16.2. The molecule has 4 aromatic rings. The second-order valence-corrected chi connectivity index (χ2v) is 6.69. The molecular formula is C20H18N8O. The van der Waals surface area contributed by atoms with Crippen LogP contribution in [-0.4, -0.2) is 66.5 Å². The molecule has 0 aromatic carbocycles. The Bertz CT molecular complexity index is 1140. The van der Waals surface area contributed by atoms with Crippen LogP contribution in [0.3, 0.4) is 0 Å². The van der Waals surface area contributed by atoms with Gasteiger partial charge in [0, 0.05) is 62.7 Å². The maximum Gasteiger partial charge on any atom is 0.259 e. The van der Waals surface area contributed by atoms with Gasteiger partial charge in [-0.2, -0.15) is 5.10 Å². The van der Waals surface area contributed by atoms with Gasteiger partial charge >= 0.3 is 0 Å². The van der Waals surface area contributed by atoms with E-state index in [9.17, 15) is 4.79 Å². The van der Waals surface area contributed by atoms with Gasteiger partial charge in [-0.05, 0) is 24.3 Å². The van der Waals surface area contributed by atoms with Crippen LogP contribution in [0.25, 0.3) is 16.9 Å². The van der Waals surface area contributed by atoms with Crippen LogP contribution in [-0.2, 0) is 0 Å². The number of piperazine rings is 1. The van der Waals surface area contributed by atoms with Gasteiger partial charge in [0.1, 0.15) is 5.56 Å². The fourth-order valence-corrected chi connectivity index (χ4v) is 3.52. The minimum atomic E-state index is -0.0620. The van der Waals surface area contributed by atoms with Crippen molar-refractivity contribution < 1.29 is 4.79 Å². The van der Waals surface area contributed by atoms with Crippen LogP contribution in [0.5, 0.6) is 0 Å². The molecule has 1 fully saturated rings. The maximum absolute atomic E-state index is 13.1. The Labute approximate surface area is 166 Å². The topological polar surface area (TPSA) is 92.4 Å². The third-order valence-electron chi connectivity index (χ3n) is 5.01. The molecule has 29 heavy (non-hydrogen) atoms. The number of amides is 1. The average Bonchev–Trinajstić information content (AvgIpc) is 3.24. The standard InChI is InChI=1S/C20H18N8O/c29-19(26-10-12-27(13-11-26)20-23-5-1-6-24-20)16-14-25-28-17(4-9-22-18(16)28)15-2-7-21-8-3-15/h1-9,14H,10-13H2. The zero-order chi connectivity index (χ0) is 19.6. The van der Waals surface area contributed by atoms with E-state index in [0.717, 1.165) is 11.3 Å². The van der Waals surface area contributed by atoms with E-state index in [4.69, 9.17) is 0 Å². The fraction of sp³-hybridized carbons (Fsp3) is 0.200. The first-order valence-corrected chi connectivity index (χ1v) is 9.35. The molecule has 0 radical (unpaired) electrons. The molecule has 1 amide bonds. The molecule has 1 aliphatic heterocycles. The summed E-state index contributed by atoms with van der Waals surface area (Å²) in [5.74, 6) is 0.632. The first-order valence-electron chi connectivity index (χ1n) is 9.35. The van der Waals surface area contributed by atoms with Crippen molar-refractivity contribution in [1.29, 1.82) is 0 Å². The van der Waals surface area contributed by atoms with E-state index in [0.29, 0.717) is 43.3 Å². The zero-order valence-corrected chi connectivity index (χ0v) is 15.6. The highest BCUT2D eigenvalue weighted by Gasteiger charge is 2.26. The van der Waals surface area contributed by atoms with Crippen molar-refractivity contribution in [2.75, 3.05) is 31.1 Å². The Morgan fingerprint density at radius 2 is 1.62 bits per heavy atom. The van der Waals surface area contributed by atoms with Gasteiger partial charge in [0.15, 0.2) is 5.65 Å². The minimum absolute atomic E-state index is 0.0620. The largest absolute Gasteiger partial charge is 0.337 e. The van der Waals surface area contributed by atoms with Crippen molar-refractivity contribution in [3.05, 3.63) is 67.0 Å². The predicted octanol–water partition coefficient (Wildman–Crippen LogP) is 1.54. The highest BCUT2D eigenvalue weighted by molar-refractivity contribution is 6.00. The monoisotopic (exact) mass is 386 g/mol. The average molecular weight is 386 g/mol. The molecule has 1 aliphatic rings. The number of carbonyl (C=O) groups is 1. The second kappa shape index (κ2) is 7.27. The van der Waals surface area contributed by atoms with Gasteiger partial charge in [0.05, 0.1) is 11.9 Å². The van der Waals surface area contributed by atoms with Gasteiger partial charge in [-0.3, -0.25) is 9.78 Å². The first kappa shape index (κ1) is 17.2. The SMILES string of the molecule is O=C(c1cnn2c(-c3ccncc3)ccnc12)N1CCN(c2ncccn2)CC1. The number of nitrogens with zero attached hydrogens (tertiary/aromatic N) is 8. The quantitative estimate of drug-likeness (QED) is 0.527. The van der Waals surface area contributed by atoms with Gasteiger partial charge in [0.25, 0.3) is 5.91 Å². The molecule has 1 saturated heterocycles. The number of rotatable bonds is 3. The Hall–Kier alpha value is -3.88. The van der Waals surface area contributed by atoms with E-state index in [1.54, 1.807) is 47.8 Å². The molecule has 5 rings (SSSR count). The number of aromatic nitrogens is 6. The normalized spacial score (nSPS) is 14.3. The molecule has 9 heteroatoms. The highest BCUT2D eigenvalue weighted by Crippen LogP contribution is 2.21. The molecule has 0 unspecified atom stereocenters. The summed E-state index contributed by atoms with van der Waals surface area (Å²) in [6.07, 6.45) is 10.2. The maximum atomic E-state index is 13.1. The first-order chi connectivity index (χ1) is 14.3. The van der Waals surface area contributed by atoms with Crippen LogP contribution < -0.4 is 4.90 Å². The van der Waals surface area contributed by atoms with E-state index in [1.165, 1.54) is 0 Å². The number of pyridine rings is 1. The van der Waals surface area contributed by atoms with Crippen LogP contribution >= 0.6 is 0 Å². The summed E-state index contributed by atoms with van der Waals surface area (Å²) in [6, 6.07) is 7.48. The van der Waals surface area contributed by atoms with Gasteiger partial charge in [0.2, 0.25) is 5.95 Å². The minimum Gasteiger partial charge on any atom is -0.337 e. The van der Waals surface area contributed by atoms with Crippen molar-refractivity contribution in [2.45, 2.75) is 0 Å². The summed E-state index contributed by atoms with van der Waals surface area (Å²) in [5, 5.41) is 4.43. The lowest BCUT2D eigenvalue weighted by Gasteiger charge is -2.34. The van der Waals surface area contributed by atoms with Crippen molar-refractivity contribution in [3.8, 4) is 11.3 Å². The molecule has 5 heterocycles. The molecule has 4 aromatic heterocycles. The Morgan fingerprint density at radius 1 is 0.862 bits per heavy atom. The summed E-state index contributed by atoms with van der Waals surface area (Å²) >= 11 is 0. The Balaban J connectivity index is 1.38. The van der Waals surface area contributed by atoms with E-state index in [-0.39, 0.29) is 5.91 Å². The smallest absolute Gasteiger partial charge is 0.259 e. The van der Waals surface area contributed by atoms with Crippen molar-refractivity contribution in [1.82, 2.24) is 34.4 Å². The van der Waals surface area contributed by atoms with Gasteiger partial charge in [-0.25, -0.2) is 19.5 Å². The molecule has 0 spiro atoms. The number of hydrogen-bond donors (Lipinski definition) is 0. The van der Waals surface area contributed by atoms with Crippen LogP contribution in [0.4, 0.5) is 5.95 Å². The Morgan fingerprint density at radius 3 is 2.38 bits per heavy atom. The van der Waals surface area contributed by atoms with Gasteiger partial charge < -0.3 is 9.80 Å². The number of carbonyl (C=O) groups excluding carboxylic acids is 1. The van der Waals surface area contributed by atoms with Crippen molar-refractivity contribution in [3.63, 3.8) is 0 Å². The lowest BCUT2D eigenvalue weighted by molar-refractivity contribution is 0.0748. The van der Waals surface area contributed by atoms with Crippen molar-refractivity contribution >= 4 is 17.5 Å². The van der Waals surface area contributed by atoms with Crippen molar-refractivity contribution in [2.24, 2.45) is 0 Å². The third kappa shape index (κ3) is 3.16. The molecule has 0 saturated carbocycles. The second-order valence-electron chi connectivity index (χ2n) is 6.69. The molecule has 0 atom stereocenters. The molecule has 0 N–H and O–H groups in total. The fourth-order valence-electron chi connectivity index (χ4n) is 3.52. The van der Waals surface area contributed by atoms with Gasteiger partial charge in [-0.1, -0.05) is 0 Å². The van der Waals surface area contributed by atoms with Crippen LogP contribution in [0, 0.1) is 0 Å². The van der Waals surface area contributed by atoms with Crippen LogP contribution in [0.1, 0.15) is 10.4 Å². The molecular weight excluding hydrogens is 368 g/mol. The Kier molecular flexibility index (Phi) is 4.32. The summed E-state index contributed by atoms with van der Waals surface area (Å²) in [4.78, 5) is 34.1. The number of fused-ring (bicyclic) bond motifs is 1. The van der Waals surface area contributed by atoms with E-state index in [2.05, 4.69) is 29.9 Å². The van der Waals surface area contributed by atoms with E-state index in [1.807, 2.05) is 23.1 Å². The zero-order valence-electron chi connectivity index (χ0n) is 15.6. The lowest BCUT2D eigenvalue weighted by atomic mass is 10.2. The molecule has 0 bridgehead atoms. The summed E-state index contributed by atoms with van der Waals surface area (Å²) in [6.45, 7) is 2.56. The molecule has 9 nitrogen and oxygen atoms in total. The van der Waals surface area contributed by atoms with Gasteiger partial charge in [-0.15, -0.1) is 0 Å². The third-order valence-corrected chi connectivity index (χ3v) is 5.01. The lowest BCUT2D eigenvalue weighted by Crippen LogP contribution is -2.49. The van der Waals surface area contributed by atoms with E-state index >= 15 is 0 Å². The summed E-state index contributed by atoms with van der Waals surface area (Å²) in [7, 11) is 0. The molecule has 0 aliphatic carbocycles. The number of anilines is 1. The van der Waals surface area contributed by atoms with Crippen LogP contribution in [0.15, 0.2) is 61.4 Å². The molecule has 144 valence electrons. The van der Waals surface area contributed by atoms with E-state index < -0.39 is 0 Å². The van der Waals surface area contributed by atoms with Crippen LogP contribution in [0.2, 0.25) is 0 Å². The number of hydrogen-bond acceptors (Lipinski definition) is 7. The summed E-state index contributed by atoms with van der Waals surface area (Å²) < 4.78 is 1.70.